The maximum atomic E-state index is 13.3. The molecule has 1 aliphatic heterocycles. The van der Waals surface area contributed by atoms with Gasteiger partial charge in [-0.3, -0.25) is 9.78 Å². The van der Waals surface area contributed by atoms with Crippen LogP contribution in [0.25, 0.3) is 16.6 Å². The monoisotopic (exact) mass is 473 g/mol. The van der Waals surface area contributed by atoms with Gasteiger partial charge in [-0.1, -0.05) is 6.92 Å². The number of fused-ring (bicyclic) bond motifs is 1. The second-order valence-electron chi connectivity index (χ2n) is 8.82. The first-order valence-electron chi connectivity index (χ1n) is 11.8. The van der Waals surface area contributed by atoms with Crippen molar-refractivity contribution in [2.45, 2.75) is 19.4 Å². The quantitative estimate of drug-likeness (QED) is 0.461. The van der Waals surface area contributed by atoms with E-state index >= 15 is 0 Å². The zero-order valence-corrected chi connectivity index (χ0v) is 19.9. The van der Waals surface area contributed by atoms with E-state index in [4.69, 9.17) is 0 Å². The summed E-state index contributed by atoms with van der Waals surface area (Å²) in [5.74, 6) is 0.403. The number of anilines is 1. The van der Waals surface area contributed by atoms with Crippen molar-refractivity contribution in [3.8, 4) is 5.69 Å². The number of carbonyl (C=O) groups excluding carboxylic acids is 1. The van der Waals surface area contributed by atoms with Crippen molar-refractivity contribution in [2.75, 3.05) is 38.1 Å². The van der Waals surface area contributed by atoms with Crippen molar-refractivity contribution in [3.05, 3.63) is 78.1 Å². The van der Waals surface area contributed by atoms with E-state index in [9.17, 15) is 9.18 Å². The van der Waals surface area contributed by atoms with Crippen LogP contribution in [-0.4, -0.2) is 63.8 Å². The van der Waals surface area contributed by atoms with Crippen molar-refractivity contribution in [1.82, 2.24) is 30.0 Å². The minimum absolute atomic E-state index is 0.167. The molecule has 1 unspecified atom stereocenters. The van der Waals surface area contributed by atoms with E-state index in [1.165, 1.54) is 12.1 Å². The Balaban J connectivity index is 1.38. The van der Waals surface area contributed by atoms with Crippen LogP contribution < -0.4 is 10.2 Å². The highest BCUT2D eigenvalue weighted by atomic mass is 19.1. The van der Waals surface area contributed by atoms with Gasteiger partial charge in [-0.05, 0) is 55.4 Å². The number of pyridine rings is 2. The van der Waals surface area contributed by atoms with Gasteiger partial charge < -0.3 is 15.1 Å². The number of amides is 1. The van der Waals surface area contributed by atoms with Gasteiger partial charge in [-0.2, -0.15) is 5.10 Å². The lowest BCUT2D eigenvalue weighted by molar-refractivity contribution is 0.0937. The molecule has 0 aliphatic carbocycles. The van der Waals surface area contributed by atoms with E-state index in [0.29, 0.717) is 22.2 Å². The molecule has 180 valence electrons. The van der Waals surface area contributed by atoms with Gasteiger partial charge in [-0.15, -0.1) is 0 Å². The predicted octanol–water partition coefficient (Wildman–Crippen LogP) is 3.59. The minimum atomic E-state index is -0.319. The third kappa shape index (κ3) is 4.72. The average Bonchev–Trinajstić information content (AvgIpc) is 3.32. The molecule has 1 amide bonds. The van der Waals surface area contributed by atoms with Crippen molar-refractivity contribution < 1.29 is 9.18 Å². The first kappa shape index (κ1) is 22.9. The maximum absolute atomic E-state index is 13.3. The van der Waals surface area contributed by atoms with Gasteiger partial charge in [0.1, 0.15) is 11.6 Å². The molecule has 4 heterocycles. The molecule has 1 N–H and O–H groups in total. The fourth-order valence-corrected chi connectivity index (χ4v) is 4.43. The highest BCUT2D eigenvalue weighted by molar-refractivity contribution is 6.06. The summed E-state index contributed by atoms with van der Waals surface area (Å²) in [5, 5.41) is 8.27. The van der Waals surface area contributed by atoms with Crippen molar-refractivity contribution >= 4 is 22.6 Å². The third-order valence-electron chi connectivity index (χ3n) is 6.53. The molecule has 3 aromatic heterocycles. The first-order valence-corrected chi connectivity index (χ1v) is 11.8. The molecule has 1 saturated heterocycles. The lowest BCUT2D eigenvalue weighted by Gasteiger charge is -2.33. The van der Waals surface area contributed by atoms with Crippen molar-refractivity contribution in [1.29, 1.82) is 0 Å². The molecule has 4 aromatic rings. The van der Waals surface area contributed by atoms with E-state index in [0.717, 1.165) is 44.0 Å². The summed E-state index contributed by atoms with van der Waals surface area (Å²) in [6.07, 6.45) is 7.41. The standard InChI is InChI=1S/C26H28FN7O/c1-3-23(18-8-9-29-25(14-18)33-12-10-32(2)11-13-33)31-26(35)22-15-28-17-24-21(22)16-30-34(24)20-6-4-19(27)5-7-20/h4-9,14-17,23H,3,10-13H2,1-2H3,(H,31,35). The number of rotatable bonds is 6. The zero-order chi connectivity index (χ0) is 24.4. The van der Waals surface area contributed by atoms with Crippen molar-refractivity contribution in [3.63, 3.8) is 0 Å². The van der Waals surface area contributed by atoms with E-state index < -0.39 is 0 Å². The molecular weight excluding hydrogens is 445 g/mol. The fraction of sp³-hybridized carbons (Fsp3) is 0.308. The number of benzene rings is 1. The topological polar surface area (TPSA) is 79.2 Å². The van der Waals surface area contributed by atoms with Gasteiger partial charge in [0, 0.05) is 44.0 Å². The molecule has 35 heavy (non-hydrogen) atoms. The SMILES string of the molecule is CCC(NC(=O)c1cncc2c1cnn2-c1ccc(F)cc1)c1ccnc(N2CCN(C)CC2)c1. The lowest BCUT2D eigenvalue weighted by Crippen LogP contribution is -2.44. The summed E-state index contributed by atoms with van der Waals surface area (Å²) in [6, 6.07) is 9.91. The smallest absolute Gasteiger partial charge is 0.254 e. The highest BCUT2D eigenvalue weighted by Gasteiger charge is 2.21. The first-order chi connectivity index (χ1) is 17.0. The summed E-state index contributed by atoms with van der Waals surface area (Å²) in [4.78, 5) is 26.8. The average molecular weight is 474 g/mol. The molecule has 9 heteroatoms. The summed E-state index contributed by atoms with van der Waals surface area (Å²) in [6.45, 7) is 5.92. The summed E-state index contributed by atoms with van der Waals surface area (Å²) >= 11 is 0. The van der Waals surface area contributed by atoms with E-state index in [2.05, 4.69) is 43.3 Å². The van der Waals surface area contributed by atoms with Crippen LogP contribution in [0.15, 0.2) is 61.2 Å². The van der Waals surface area contributed by atoms with Crippen LogP contribution in [0.4, 0.5) is 10.2 Å². The van der Waals surface area contributed by atoms with Crippen LogP contribution in [0.3, 0.4) is 0 Å². The largest absolute Gasteiger partial charge is 0.354 e. The van der Waals surface area contributed by atoms with Gasteiger partial charge in [0.05, 0.1) is 35.2 Å². The Labute approximate surface area is 203 Å². The van der Waals surface area contributed by atoms with Gasteiger partial charge in [0.15, 0.2) is 0 Å². The molecule has 0 bridgehead atoms. The second-order valence-corrected chi connectivity index (χ2v) is 8.82. The Morgan fingerprint density at radius 3 is 2.60 bits per heavy atom. The lowest BCUT2D eigenvalue weighted by atomic mass is 10.0. The van der Waals surface area contributed by atoms with Crippen LogP contribution in [0.1, 0.15) is 35.3 Å². The fourth-order valence-electron chi connectivity index (χ4n) is 4.43. The van der Waals surface area contributed by atoms with Crippen LogP contribution in [-0.2, 0) is 0 Å². The van der Waals surface area contributed by atoms with Crippen LogP contribution in [0, 0.1) is 5.82 Å². The van der Waals surface area contributed by atoms with E-state index in [1.54, 1.807) is 35.4 Å². The van der Waals surface area contributed by atoms with E-state index in [-0.39, 0.29) is 17.8 Å². The normalized spacial score (nSPS) is 15.3. The number of nitrogens with zero attached hydrogens (tertiary/aromatic N) is 6. The number of likely N-dealkylation sites (N-methyl/N-ethyl adjacent to an activating group) is 1. The van der Waals surface area contributed by atoms with Crippen LogP contribution in [0.2, 0.25) is 0 Å². The number of piperazine rings is 1. The van der Waals surface area contributed by atoms with Crippen molar-refractivity contribution in [2.24, 2.45) is 0 Å². The molecule has 0 radical (unpaired) electrons. The van der Waals surface area contributed by atoms with Crippen LogP contribution >= 0.6 is 0 Å². The second kappa shape index (κ2) is 9.79. The molecule has 1 atom stereocenters. The minimum Gasteiger partial charge on any atom is -0.354 e. The van der Waals surface area contributed by atoms with Gasteiger partial charge in [0.25, 0.3) is 5.91 Å². The molecular formula is C26H28FN7O. The van der Waals surface area contributed by atoms with Gasteiger partial charge in [-0.25, -0.2) is 14.1 Å². The number of hydrogen-bond donors (Lipinski definition) is 1. The number of carbonyl (C=O) groups is 1. The Bertz CT molecular complexity index is 1330. The van der Waals surface area contributed by atoms with Gasteiger partial charge >= 0.3 is 0 Å². The number of aromatic nitrogens is 4. The molecule has 8 nitrogen and oxygen atoms in total. The molecule has 1 fully saturated rings. The summed E-state index contributed by atoms with van der Waals surface area (Å²) < 4.78 is 15.0. The van der Waals surface area contributed by atoms with Gasteiger partial charge in [0.2, 0.25) is 0 Å². The molecule has 1 aromatic carbocycles. The Morgan fingerprint density at radius 1 is 1.09 bits per heavy atom. The highest BCUT2D eigenvalue weighted by Crippen LogP contribution is 2.25. The Hall–Kier alpha value is -3.85. The van der Waals surface area contributed by atoms with E-state index in [1.807, 2.05) is 19.2 Å². The number of hydrogen-bond acceptors (Lipinski definition) is 6. The molecule has 0 saturated carbocycles. The maximum Gasteiger partial charge on any atom is 0.254 e. The summed E-state index contributed by atoms with van der Waals surface area (Å²) in [7, 11) is 2.13. The Kier molecular flexibility index (Phi) is 6.41. The predicted molar refractivity (Wildman–Crippen MR) is 133 cm³/mol. The third-order valence-corrected chi connectivity index (χ3v) is 6.53. The Morgan fingerprint density at radius 2 is 1.86 bits per heavy atom. The number of nitrogens with one attached hydrogen (secondary N) is 1. The zero-order valence-electron chi connectivity index (χ0n) is 19.9. The summed E-state index contributed by atoms with van der Waals surface area (Å²) in [5.41, 5.74) is 2.84. The number of halogens is 1. The van der Waals surface area contributed by atoms with Crippen LogP contribution in [0.5, 0.6) is 0 Å². The molecule has 5 rings (SSSR count). The molecule has 1 aliphatic rings. The molecule has 0 spiro atoms.